The first-order valence-corrected chi connectivity index (χ1v) is 7.59. The Morgan fingerprint density at radius 2 is 1.82 bits per heavy atom. The molecule has 0 spiro atoms. The van der Waals surface area contributed by atoms with E-state index in [0.717, 1.165) is 0 Å². The SMILES string of the molecule is C=CCO[C@@H](CC(C)C)[C@@H](OC(C)=O)[C@H](CC=C)NC(C)=O. The van der Waals surface area contributed by atoms with Crippen LogP contribution in [0, 0.1) is 5.92 Å². The van der Waals surface area contributed by atoms with Crippen LogP contribution >= 0.6 is 0 Å². The molecule has 0 rings (SSSR count). The van der Waals surface area contributed by atoms with Gasteiger partial charge in [0, 0.05) is 13.8 Å². The Labute approximate surface area is 133 Å². The summed E-state index contributed by atoms with van der Waals surface area (Å²) in [4.78, 5) is 22.9. The number of ether oxygens (including phenoxy) is 2. The van der Waals surface area contributed by atoms with Gasteiger partial charge in [0.15, 0.2) is 0 Å². The summed E-state index contributed by atoms with van der Waals surface area (Å²) in [5.41, 5.74) is 0. The minimum atomic E-state index is -0.568. The summed E-state index contributed by atoms with van der Waals surface area (Å²) < 4.78 is 11.3. The van der Waals surface area contributed by atoms with Crippen LogP contribution in [0.5, 0.6) is 0 Å². The molecule has 0 aromatic heterocycles. The van der Waals surface area contributed by atoms with E-state index >= 15 is 0 Å². The van der Waals surface area contributed by atoms with E-state index < -0.39 is 12.1 Å². The summed E-state index contributed by atoms with van der Waals surface area (Å²) in [6.45, 7) is 14.6. The van der Waals surface area contributed by atoms with E-state index in [1.165, 1.54) is 13.8 Å². The molecule has 0 aliphatic rings. The van der Waals surface area contributed by atoms with E-state index in [1.54, 1.807) is 12.2 Å². The Hall–Kier alpha value is -1.62. The molecule has 0 aliphatic heterocycles. The summed E-state index contributed by atoms with van der Waals surface area (Å²) in [5, 5.41) is 2.82. The molecule has 22 heavy (non-hydrogen) atoms. The summed E-state index contributed by atoms with van der Waals surface area (Å²) in [6.07, 6.45) is 3.65. The molecule has 5 heteroatoms. The average molecular weight is 311 g/mol. The molecule has 3 atom stereocenters. The fourth-order valence-electron chi connectivity index (χ4n) is 2.28. The van der Waals surface area contributed by atoms with Crippen LogP contribution < -0.4 is 5.32 Å². The summed E-state index contributed by atoms with van der Waals surface area (Å²) >= 11 is 0. The second-order valence-electron chi connectivity index (χ2n) is 5.70. The molecule has 0 unspecified atom stereocenters. The van der Waals surface area contributed by atoms with Crippen molar-refractivity contribution in [3.05, 3.63) is 25.3 Å². The molecule has 0 aromatic carbocycles. The minimum Gasteiger partial charge on any atom is -0.458 e. The second-order valence-corrected chi connectivity index (χ2v) is 5.70. The molecule has 0 aromatic rings. The third-order valence-electron chi connectivity index (χ3n) is 3.01. The predicted octanol–water partition coefficient (Wildman–Crippen LogP) is 2.62. The first-order chi connectivity index (χ1) is 10.3. The topological polar surface area (TPSA) is 64.6 Å². The van der Waals surface area contributed by atoms with E-state index in [2.05, 4.69) is 32.3 Å². The molecule has 1 amide bonds. The van der Waals surface area contributed by atoms with Crippen LogP contribution in [0.15, 0.2) is 25.3 Å². The van der Waals surface area contributed by atoms with Gasteiger partial charge in [0.25, 0.3) is 0 Å². The van der Waals surface area contributed by atoms with Crippen molar-refractivity contribution in [3.8, 4) is 0 Å². The zero-order valence-electron chi connectivity index (χ0n) is 14.1. The van der Waals surface area contributed by atoms with Crippen LogP contribution in [-0.2, 0) is 19.1 Å². The van der Waals surface area contributed by atoms with Crippen LogP contribution in [0.3, 0.4) is 0 Å². The number of esters is 1. The molecule has 5 nitrogen and oxygen atoms in total. The van der Waals surface area contributed by atoms with Crippen molar-refractivity contribution in [2.75, 3.05) is 6.61 Å². The normalized spacial score (nSPS) is 14.8. The van der Waals surface area contributed by atoms with Gasteiger partial charge in [0.2, 0.25) is 5.91 Å². The van der Waals surface area contributed by atoms with Crippen molar-refractivity contribution < 1.29 is 19.1 Å². The molecular formula is C17H29NO4. The largest absolute Gasteiger partial charge is 0.458 e. The first kappa shape index (κ1) is 20.4. The Morgan fingerprint density at radius 3 is 2.23 bits per heavy atom. The zero-order valence-corrected chi connectivity index (χ0v) is 14.1. The maximum atomic E-state index is 11.5. The lowest BCUT2D eigenvalue weighted by Gasteiger charge is -2.33. The highest BCUT2D eigenvalue weighted by Crippen LogP contribution is 2.20. The Bertz CT molecular complexity index is 379. The lowest BCUT2D eigenvalue weighted by atomic mass is 9.95. The van der Waals surface area contributed by atoms with Crippen LogP contribution in [-0.4, -0.2) is 36.7 Å². The molecule has 0 radical (unpaired) electrons. The number of amides is 1. The van der Waals surface area contributed by atoms with Crippen molar-refractivity contribution >= 4 is 11.9 Å². The van der Waals surface area contributed by atoms with E-state index in [9.17, 15) is 9.59 Å². The van der Waals surface area contributed by atoms with E-state index in [-0.39, 0.29) is 18.1 Å². The number of carbonyl (C=O) groups excluding carboxylic acids is 2. The van der Waals surface area contributed by atoms with Gasteiger partial charge in [0.1, 0.15) is 6.10 Å². The summed E-state index contributed by atoms with van der Waals surface area (Å²) in [6, 6.07) is -0.368. The highest BCUT2D eigenvalue weighted by Gasteiger charge is 2.33. The maximum Gasteiger partial charge on any atom is 0.303 e. The molecule has 0 saturated carbocycles. The van der Waals surface area contributed by atoms with Gasteiger partial charge < -0.3 is 14.8 Å². The number of carbonyl (C=O) groups is 2. The fraction of sp³-hybridized carbons (Fsp3) is 0.647. The van der Waals surface area contributed by atoms with Crippen LogP contribution in [0.4, 0.5) is 0 Å². The summed E-state index contributed by atoms with van der Waals surface area (Å²) in [5.74, 6) is -0.231. The third-order valence-corrected chi connectivity index (χ3v) is 3.01. The monoisotopic (exact) mass is 311 g/mol. The smallest absolute Gasteiger partial charge is 0.303 e. The summed E-state index contributed by atoms with van der Waals surface area (Å²) in [7, 11) is 0. The molecule has 0 heterocycles. The van der Waals surface area contributed by atoms with Crippen molar-refractivity contribution in [2.24, 2.45) is 5.92 Å². The quantitative estimate of drug-likeness (QED) is 0.470. The molecular weight excluding hydrogens is 282 g/mol. The van der Waals surface area contributed by atoms with Gasteiger partial charge in [-0.05, 0) is 18.8 Å². The van der Waals surface area contributed by atoms with Crippen LogP contribution in [0.2, 0.25) is 0 Å². The molecule has 126 valence electrons. The van der Waals surface area contributed by atoms with Gasteiger partial charge in [-0.1, -0.05) is 26.0 Å². The lowest BCUT2D eigenvalue weighted by Crippen LogP contribution is -2.51. The van der Waals surface area contributed by atoms with Gasteiger partial charge in [-0.3, -0.25) is 9.59 Å². The van der Waals surface area contributed by atoms with Crippen molar-refractivity contribution in [3.63, 3.8) is 0 Å². The standard InChI is InChI=1S/C17H29NO4/c1-7-9-15(18-13(5)19)17(22-14(6)20)16(11-12(3)4)21-10-8-2/h7-8,12,15-17H,1-2,9-11H2,3-6H3,(H,18,19)/t15-,16-,17-/m0/s1. The number of hydrogen-bond acceptors (Lipinski definition) is 4. The van der Waals surface area contributed by atoms with Gasteiger partial charge >= 0.3 is 5.97 Å². The lowest BCUT2D eigenvalue weighted by molar-refractivity contribution is -0.159. The van der Waals surface area contributed by atoms with E-state index in [4.69, 9.17) is 9.47 Å². The molecule has 0 saturated heterocycles. The highest BCUT2D eigenvalue weighted by atomic mass is 16.6. The van der Waals surface area contributed by atoms with E-state index in [0.29, 0.717) is 25.4 Å². The Kier molecular flexibility index (Phi) is 10.2. The fourth-order valence-corrected chi connectivity index (χ4v) is 2.28. The maximum absolute atomic E-state index is 11.5. The number of hydrogen-bond donors (Lipinski definition) is 1. The van der Waals surface area contributed by atoms with Crippen LogP contribution in [0.1, 0.15) is 40.5 Å². The van der Waals surface area contributed by atoms with E-state index in [1.807, 2.05) is 0 Å². The molecule has 0 aliphatic carbocycles. The second kappa shape index (κ2) is 11.0. The van der Waals surface area contributed by atoms with Gasteiger partial charge in [-0.25, -0.2) is 0 Å². The Balaban J connectivity index is 5.34. The highest BCUT2D eigenvalue weighted by molar-refractivity contribution is 5.73. The molecule has 0 bridgehead atoms. The van der Waals surface area contributed by atoms with Gasteiger partial charge in [0.05, 0.1) is 18.8 Å². The predicted molar refractivity (Wildman–Crippen MR) is 87.4 cm³/mol. The first-order valence-electron chi connectivity index (χ1n) is 7.59. The van der Waals surface area contributed by atoms with Gasteiger partial charge in [-0.15, -0.1) is 13.2 Å². The van der Waals surface area contributed by atoms with Gasteiger partial charge in [-0.2, -0.15) is 0 Å². The van der Waals surface area contributed by atoms with Crippen molar-refractivity contribution in [1.29, 1.82) is 0 Å². The molecule has 0 fully saturated rings. The average Bonchev–Trinajstić information content (AvgIpc) is 2.39. The van der Waals surface area contributed by atoms with Crippen molar-refractivity contribution in [1.82, 2.24) is 5.32 Å². The zero-order chi connectivity index (χ0) is 17.1. The number of nitrogens with one attached hydrogen (secondary N) is 1. The van der Waals surface area contributed by atoms with Crippen molar-refractivity contribution in [2.45, 2.75) is 58.8 Å². The molecule has 1 N–H and O–H groups in total. The third kappa shape index (κ3) is 8.62. The number of rotatable bonds is 11. The Morgan fingerprint density at radius 1 is 1.18 bits per heavy atom. The van der Waals surface area contributed by atoms with Crippen LogP contribution in [0.25, 0.3) is 0 Å². The minimum absolute atomic E-state index is 0.184.